The monoisotopic (exact) mass is 414 g/mol. The van der Waals surface area contributed by atoms with E-state index >= 15 is 0 Å². The second-order valence-corrected chi connectivity index (χ2v) is 8.57. The van der Waals surface area contributed by atoms with Gasteiger partial charge >= 0.3 is 0 Å². The molecule has 1 saturated carbocycles. The molecule has 2 aromatic carbocycles. The summed E-state index contributed by atoms with van der Waals surface area (Å²) in [6.45, 7) is 5.05. The Hall–Kier alpha value is -2.40. The fourth-order valence-corrected chi connectivity index (χ4v) is 4.32. The lowest BCUT2D eigenvalue weighted by Gasteiger charge is -2.44. The molecule has 4 nitrogen and oxygen atoms in total. The molecule has 1 aliphatic carbocycles. The first-order valence-corrected chi connectivity index (χ1v) is 10.4. The van der Waals surface area contributed by atoms with Crippen LogP contribution < -0.4 is 0 Å². The third kappa shape index (κ3) is 4.01. The molecule has 0 N–H and O–H groups in total. The van der Waals surface area contributed by atoms with Gasteiger partial charge in [-0.05, 0) is 62.6 Å². The van der Waals surface area contributed by atoms with Crippen LogP contribution in [0.3, 0.4) is 0 Å². The molecule has 29 heavy (non-hydrogen) atoms. The van der Waals surface area contributed by atoms with Crippen molar-refractivity contribution >= 4 is 23.4 Å². The minimum Gasteiger partial charge on any atom is -0.335 e. The van der Waals surface area contributed by atoms with Gasteiger partial charge in [-0.15, -0.1) is 0 Å². The Bertz CT molecular complexity index is 930. The molecule has 2 aromatic rings. The van der Waals surface area contributed by atoms with Crippen molar-refractivity contribution in [2.24, 2.45) is 5.92 Å². The van der Waals surface area contributed by atoms with Gasteiger partial charge in [0.1, 0.15) is 5.82 Å². The Morgan fingerprint density at radius 2 is 1.62 bits per heavy atom. The molecule has 2 aliphatic rings. The summed E-state index contributed by atoms with van der Waals surface area (Å²) in [6, 6.07) is 11.5. The Labute approximate surface area is 175 Å². The molecule has 1 saturated heterocycles. The van der Waals surface area contributed by atoms with Gasteiger partial charge in [-0.3, -0.25) is 9.59 Å². The van der Waals surface area contributed by atoms with Crippen LogP contribution in [-0.4, -0.2) is 46.8 Å². The molecule has 2 atom stereocenters. The van der Waals surface area contributed by atoms with Crippen molar-refractivity contribution in [1.82, 2.24) is 9.80 Å². The molecule has 0 radical (unpaired) electrons. The number of carbonyl (C=O) groups is 2. The summed E-state index contributed by atoms with van der Waals surface area (Å²) in [4.78, 5) is 29.3. The van der Waals surface area contributed by atoms with Crippen LogP contribution in [0.2, 0.25) is 5.02 Å². The number of amides is 2. The van der Waals surface area contributed by atoms with Crippen molar-refractivity contribution < 1.29 is 14.0 Å². The van der Waals surface area contributed by atoms with Crippen molar-refractivity contribution in [3.05, 3.63) is 58.9 Å². The molecule has 0 spiro atoms. The molecule has 0 unspecified atom stereocenters. The summed E-state index contributed by atoms with van der Waals surface area (Å²) in [6.07, 6.45) is 1.97. The van der Waals surface area contributed by atoms with Crippen LogP contribution in [0.25, 0.3) is 11.1 Å². The highest BCUT2D eigenvalue weighted by Crippen LogP contribution is 2.33. The molecular weight excluding hydrogens is 391 g/mol. The number of hydrogen-bond acceptors (Lipinski definition) is 2. The summed E-state index contributed by atoms with van der Waals surface area (Å²) in [5.74, 6) is -0.0459. The number of carbonyl (C=O) groups excluding carboxylic acids is 2. The highest BCUT2D eigenvalue weighted by atomic mass is 35.5. The third-order valence-electron chi connectivity index (χ3n) is 5.76. The van der Waals surface area contributed by atoms with Gasteiger partial charge in [0, 0.05) is 47.2 Å². The number of hydrogen-bond donors (Lipinski definition) is 0. The molecule has 6 heteroatoms. The zero-order valence-corrected chi connectivity index (χ0v) is 17.3. The Morgan fingerprint density at radius 3 is 2.17 bits per heavy atom. The molecule has 1 aliphatic heterocycles. The predicted octanol–water partition coefficient (Wildman–Crippen LogP) is 4.62. The lowest BCUT2D eigenvalue weighted by atomic mass is 10.0. The summed E-state index contributed by atoms with van der Waals surface area (Å²) >= 11 is 5.82. The topological polar surface area (TPSA) is 40.6 Å². The standard InChI is InChI=1S/C23H24ClFN2O2/c1-14-12-26(13-15(2)27(14)23(29)18-7-8-18)22(28)17-5-3-16(4-6-17)20-10-9-19(24)11-21(20)25/h3-6,9-11,14-15,18H,7-8,12-13H2,1-2H3/t14-,15+. The van der Waals surface area contributed by atoms with Gasteiger partial charge in [-0.25, -0.2) is 4.39 Å². The fraction of sp³-hybridized carbons (Fsp3) is 0.391. The maximum absolute atomic E-state index is 14.1. The minimum atomic E-state index is -0.393. The van der Waals surface area contributed by atoms with Crippen LogP contribution in [0.5, 0.6) is 0 Å². The summed E-state index contributed by atoms with van der Waals surface area (Å²) in [5.41, 5.74) is 1.70. The van der Waals surface area contributed by atoms with Gasteiger partial charge in [0.2, 0.25) is 5.91 Å². The Kier molecular flexibility index (Phi) is 5.34. The van der Waals surface area contributed by atoms with Crippen molar-refractivity contribution in [2.75, 3.05) is 13.1 Å². The van der Waals surface area contributed by atoms with E-state index < -0.39 is 5.82 Å². The second-order valence-electron chi connectivity index (χ2n) is 8.13. The van der Waals surface area contributed by atoms with Gasteiger partial charge in [0.25, 0.3) is 5.91 Å². The Morgan fingerprint density at radius 1 is 1.00 bits per heavy atom. The van der Waals surface area contributed by atoms with E-state index in [1.54, 1.807) is 36.4 Å². The fourth-order valence-electron chi connectivity index (χ4n) is 4.16. The third-order valence-corrected chi connectivity index (χ3v) is 6.00. The smallest absolute Gasteiger partial charge is 0.253 e. The summed E-state index contributed by atoms with van der Waals surface area (Å²) in [7, 11) is 0. The molecule has 1 heterocycles. The molecule has 4 rings (SSSR count). The van der Waals surface area contributed by atoms with E-state index in [-0.39, 0.29) is 29.8 Å². The molecule has 0 bridgehead atoms. The summed E-state index contributed by atoms with van der Waals surface area (Å²) in [5, 5.41) is 0.348. The summed E-state index contributed by atoms with van der Waals surface area (Å²) < 4.78 is 14.1. The SMILES string of the molecule is C[C@@H]1CN(C(=O)c2ccc(-c3ccc(Cl)cc3F)cc2)C[C@H](C)N1C(=O)C1CC1. The first-order chi connectivity index (χ1) is 13.8. The van der Waals surface area contributed by atoms with Gasteiger partial charge in [-0.1, -0.05) is 23.7 Å². The van der Waals surface area contributed by atoms with Crippen molar-refractivity contribution in [2.45, 2.75) is 38.8 Å². The minimum absolute atomic E-state index is 0.00163. The maximum Gasteiger partial charge on any atom is 0.253 e. The molecule has 2 fully saturated rings. The first kappa shape index (κ1) is 19.9. The van der Waals surface area contributed by atoms with Crippen LogP contribution in [0.15, 0.2) is 42.5 Å². The van der Waals surface area contributed by atoms with Gasteiger partial charge in [0.15, 0.2) is 0 Å². The molecular formula is C23H24ClFN2O2. The number of benzene rings is 2. The average Bonchev–Trinajstić information content (AvgIpc) is 3.52. The van der Waals surface area contributed by atoms with Crippen LogP contribution in [0.4, 0.5) is 4.39 Å². The average molecular weight is 415 g/mol. The largest absolute Gasteiger partial charge is 0.335 e. The highest BCUT2D eigenvalue weighted by Gasteiger charge is 2.41. The zero-order chi connectivity index (χ0) is 20.7. The van der Waals surface area contributed by atoms with E-state index in [4.69, 9.17) is 11.6 Å². The zero-order valence-electron chi connectivity index (χ0n) is 16.6. The van der Waals surface area contributed by atoms with Crippen LogP contribution in [0, 0.1) is 11.7 Å². The van der Waals surface area contributed by atoms with E-state index in [0.717, 1.165) is 12.8 Å². The van der Waals surface area contributed by atoms with E-state index in [1.807, 2.05) is 23.6 Å². The second kappa shape index (κ2) is 7.79. The van der Waals surface area contributed by atoms with Gasteiger partial charge < -0.3 is 9.80 Å². The van der Waals surface area contributed by atoms with Crippen LogP contribution in [-0.2, 0) is 4.79 Å². The number of halogens is 2. The van der Waals surface area contributed by atoms with Crippen molar-refractivity contribution in [3.8, 4) is 11.1 Å². The van der Waals surface area contributed by atoms with Crippen LogP contribution >= 0.6 is 11.6 Å². The highest BCUT2D eigenvalue weighted by molar-refractivity contribution is 6.30. The van der Waals surface area contributed by atoms with E-state index in [0.29, 0.717) is 34.8 Å². The van der Waals surface area contributed by atoms with Crippen LogP contribution in [0.1, 0.15) is 37.0 Å². The van der Waals surface area contributed by atoms with E-state index in [1.165, 1.54) is 6.07 Å². The number of piperazine rings is 1. The Balaban J connectivity index is 1.47. The lowest BCUT2D eigenvalue weighted by molar-refractivity contribution is -0.139. The van der Waals surface area contributed by atoms with Crippen molar-refractivity contribution in [3.63, 3.8) is 0 Å². The predicted molar refractivity (Wildman–Crippen MR) is 111 cm³/mol. The normalized spacial score (nSPS) is 21.9. The molecule has 0 aromatic heterocycles. The van der Waals surface area contributed by atoms with E-state index in [2.05, 4.69) is 0 Å². The number of nitrogens with zero attached hydrogens (tertiary/aromatic N) is 2. The number of rotatable bonds is 3. The van der Waals surface area contributed by atoms with Gasteiger partial charge in [0.05, 0.1) is 0 Å². The quantitative estimate of drug-likeness (QED) is 0.735. The van der Waals surface area contributed by atoms with E-state index in [9.17, 15) is 14.0 Å². The lowest BCUT2D eigenvalue weighted by Crippen LogP contribution is -2.60. The van der Waals surface area contributed by atoms with Crippen molar-refractivity contribution in [1.29, 1.82) is 0 Å². The molecule has 2 amide bonds. The maximum atomic E-state index is 14.1. The van der Waals surface area contributed by atoms with Gasteiger partial charge in [-0.2, -0.15) is 0 Å². The first-order valence-electron chi connectivity index (χ1n) is 10.0. The molecule has 152 valence electrons.